The quantitative estimate of drug-likeness (QED) is 0.697. The van der Waals surface area contributed by atoms with E-state index in [4.69, 9.17) is 16.3 Å². The second kappa shape index (κ2) is 7.56. The molecule has 2 aromatic carbocycles. The molecule has 0 atom stereocenters. The standard InChI is InChI=1S/C20H22ClN5O/c1-27-18-8-4-3-7-17(18)22-20(13-5-2-6-14-20)19-23-24-25-26(19)16-11-9-15(21)10-12-16/h3-4,7-12,22H,2,5-6,13-14H2,1H3. The molecule has 1 fully saturated rings. The minimum absolute atomic E-state index is 0.351. The zero-order chi connectivity index (χ0) is 18.7. The predicted molar refractivity (Wildman–Crippen MR) is 106 cm³/mol. The maximum absolute atomic E-state index is 6.04. The first-order chi connectivity index (χ1) is 13.2. The number of hydrogen-bond acceptors (Lipinski definition) is 5. The highest BCUT2D eigenvalue weighted by atomic mass is 35.5. The summed E-state index contributed by atoms with van der Waals surface area (Å²) in [5.41, 5.74) is 1.49. The van der Waals surface area contributed by atoms with E-state index in [-0.39, 0.29) is 5.54 Å². The maximum atomic E-state index is 6.04. The van der Waals surface area contributed by atoms with Crippen LogP contribution in [0.1, 0.15) is 37.9 Å². The summed E-state index contributed by atoms with van der Waals surface area (Å²) in [7, 11) is 1.69. The lowest BCUT2D eigenvalue weighted by molar-refractivity contribution is 0.308. The number of methoxy groups -OCH3 is 1. The van der Waals surface area contributed by atoms with Gasteiger partial charge in [-0.25, -0.2) is 0 Å². The van der Waals surface area contributed by atoms with Crippen LogP contribution in [0.3, 0.4) is 0 Å². The molecule has 1 aromatic heterocycles. The minimum Gasteiger partial charge on any atom is -0.495 e. The molecule has 140 valence electrons. The monoisotopic (exact) mass is 383 g/mol. The van der Waals surface area contributed by atoms with Gasteiger partial charge in [0.05, 0.1) is 24.0 Å². The fraction of sp³-hybridized carbons (Fsp3) is 0.350. The van der Waals surface area contributed by atoms with Gasteiger partial charge in [0.1, 0.15) is 5.75 Å². The third-order valence-corrected chi connectivity index (χ3v) is 5.41. The van der Waals surface area contributed by atoms with E-state index in [1.807, 2.05) is 53.2 Å². The van der Waals surface area contributed by atoms with Gasteiger partial charge in [-0.15, -0.1) is 5.10 Å². The molecule has 27 heavy (non-hydrogen) atoms. The van der Waals surface area contributed by atoms with E-state index in [2.05, 4.69) is 20.8 Å². The fourth-order valence-electron chi connectivity index (χ4n) is 3.81. The lowest BCUT2D eigenvalue weighted by atomic mass is 9.80. The van der Waals surface area contributed by atoms with Crippen LogP contribution in [0, 0.1) is 0 Å². The summed E-state index contributed by atoms with van der Waals surface area (Å²) in [4.78, 5) is 0. The largest absolute Gasteiger partial charge is 0.495 e. The third-order valence-electron chi connectivity index (χ3n) is 5.16. The first-order valence-corrected chi connectivity index (χ1v) is 9.56. The van der Waals surface area contributed by atoms with Crippen LogP contribution in [0.15, 0.2) is 48.5 Å². The number of hydrogen-bond donors (Lipinski definition) is 1. The van der Waals surface area contributed by atoms with Crippen LogP contribution in [0.5, 0.6) is 5.75 Å². The van der Waals surface area contributed by atoms with Crippen LogP contribution >= 0.6 is 11.6 Å². The second-order valence-electron chi connectivity index (χ2n) is 6.86. The molecule has 0 unspecified atom stereocenters. The van der Waals surface area contributed by atoms with Crippen molar-refractivity contribution in [2.24, 2.45) is 0 Å². The van der Waals surface area contributed by atoms with E-state index < -0.39 is 0 Å². The molecule has 0 aliphatic heterocycles. The Labute approximate surface area is 163 Å². The molecule has 1 aliphatic rings. The van der Waals surface area contributed by atoms with Gasteiger partial charge in [-0.3, -0.25) is 0 Å². The maximum Gasteiger partial charge on any atom is 0.181 e. The number of rotatable bonds is 5. The number of ether oxygens (including phenoxy) is 1. The molecule has 4 rings (SSSR count). The average molecular weight is 384 g/mol. The Kier molecular flexibility index (Phi) is 4.99. The van der Waals surface area contributed by atoms with E-state index in [0.717, 1.165) is 48.6 Å². The zero-order valence-corrected chi connectivity index (χ0v) is 16.0. The fourth-order valence-corrected chi connectivity index (χ4v) is 3.93. The first-order valence-electron chi connectivity index (χ1n) is 9.18. The minimum atomic E-state index is -0.351. The Bertz CT molecular complexity index is 903. The molecular weight excluding hydrogens is 362 g/mol. The number of anilines is 1. The summed E-state index contributed by atoms with van der Waals surface area (Å²) in [6.45, 7) is 0. The van der Waals surface area contributed by atoms with Gasteiger partial charge in [-0.05, 0) is 59.7 Å². The van der Waals surface area contributed by atoms with Crippen molar-refractivity contribution in [2.45, 2.75) is 37.6 Å². The van der Waals surface area contributed by atoms with E-state index in [1.54, 1.807) is 7.11 Å². The van der Waals surface area contributed by atoms with Gasteiger partial charge in [-0.1, -0.05) is 43.0 Å². The molecule has 1 heterocycles. The molecule has 0 bridgehead atoms. The number of nitrogens with zero attached hydrogens (tertiary/aromatic N) is 4. The lowest BCUT2D eigenvalue weighted by Crippen LogP contribution is -2.40. The number of benzene rings is 2. The van der Waals surface area contributed by atoms with Crippen molar-refractivity contribution < 1.29 is 4.74 Å². The Morgan fingerprint density at radius 3 is 2.52 bits per heavy atom. The van der Waals surface area contributed by atoms with Crippen LogP contribution in [-0.4, -0.2) is 27.3 Å². The summed E-state index contributed by atoms with van der Waals surface area (Å²) >= 11 is 6.04. The molecule has 1 saturated carbocycles. The molecular formula is C20H22ClN5O. The van der Waals surface area contributed by atoms with Crippen molar-refractivity contribution in [3.05, 3.63) is 59.4 Å². The Morgan fingerprint density at radius 1 is 1.04 bits per heavy atom. The summed E-state index contributed by atoms with van der Waals surface area (Å²) in [6.07, 6.45) is 5.38. The number of para-hydroxylation sites is 2. The summed E-state index contributed by atoms with van der Waals surface area (Å²) < 4.78 is 7.35. The smallest absolute Gasteiger partial charge is 0.181 e. The third kappa shape index (κ3) is 3.49. The molecule has 6 nitrogen and oxygen atoms in total. The van der Waals surface area contributed by atoms with Crippen LogP contribution in [0.2, 0.25) is 5.02 Å². The summed E-state index contributed by atoms with van der Waals surface area (Å²) in [5.74, 6) is 1.63. The molecule has 1 aliphatic carbocycles. The van der Waals surface area contributed by atoms with Gasteiger partial charge in [-0.2, -0.15) is 4.68 Å². The highest BCUT2D eigenvalue weighted by Crippen LogP contribution is 2.41. The predicted octanol–water partition coefficient (Wildman–Crippen LogP) is 4.60. The molecule has 0 amide bonds. The van der Waals surface area contributed by atoms with E-state index in [1.165, 1.54) is 6.42 Å². The van der Waals surface area contributed by atoms with Crippen molar-refractivity contribution in [1.29, 1.82) is 0 Å². The number of aromatic nitrogens is 4. The average Bonchev–Trinajstić information content (AvgIpc) is 3.20. The van der Waals surface area contributed by atoms with E-state index >= 15 is 0 Å². The SMILES string of the molecule is COc1ccccc1NC1(c2nnnn2-c2ccc(Cl)cc2)CCCCC1. The second-order valence-corrected chi connectivity index (χ2v) is 7.30. The molecule has 0 radical (unpaired) electrons. The Balaban J connectivity index is 1.77. The van der Waals surface area contributed by atoms with Crippen molar-refractivity contribution in [1.82, 2.24) is 20.2 Å². The summed E-state index contributed by atoms with van der Waals surface area (Å²) in [5, 5.41) is 17.1. The molecule has 1 N–H and O–H groups in total. The zero-order valence-electron chi connectivity index (χ0n) is 15.2. The topological polar surface area (TPSA) is 64.9 Å². The lowest BCUT2D eigenvalue weighted by Gasteiger charge is -2.38. The number of nitrogens with one attached hydrogen (secondary N) is 1. The van der Waals surface area contributed by atoms with Gasteiger partial charge in [0.2, 0.25) is 0 Å². The van der Waals surface area contributed by atoms with Gasteiger partial charge >= 0.3 is 0 Å². The number of halogens is 1. The van der Waals surface area contributed by atoms with Crippen LogP contribution in [0.25, 0.3) is 5.69 Å². The molecule has 0 spiro atoms. The summed E-state index contributed by atoms with van der Waals surface area (Å²) in [6, 6.07) is 15.5. The van der Waals surface area contributed by atoms with Gasteiger partial charge < -0.3 is 10.1 Å². The Hall–Kier alpha value is -2.60. The van der Waals surface area contributed by atoms with E-state index in [9.17, 15) is 0 Å². The highest BCUT2D eigenvalue weighted by molar-refractivity contribution is 6.30. The first kappa shape index (κ1) is 17.8. The van der Waals surface area contributed by atoms with Crippen molar-refractivity contribution in [2.75, 3.05) is 12.4 Å². The van der Waals surface area contributed by atoms with Crippen LogP contribution < -0.4 is 10.1 Å². The highest BCUT2D eigenvalue weighted by Gasteiger charge is 2.39. The molecule has 7 heteroatoms. The van der Waals surface area contributed by atoms with E-state index in [0.29, 0.717) is 5.02 Å². The number of tetrazole rings is 1. The molecule has 3 aromatic rings. The van der Waals surface area contributed by atoms with Gasteiger partial charge in [0.25, 0.3) is 0 Å². The van der Waals surface area contributed by atoms with Crippen LogP contribution in [-0.2, 0) is 5.54 Å². The van der Waals surface area contributed by atoms with Gasteiger partial charge in [0.15, 0.2) is 5.82 Å². The van der Waals surface area contributed by atoms with Gasteiger partial charge in [0, 0.05) is 5.02 Å². The van der Waals surface area contributed by atoms with Crippen molar-refractivity contribution >= 4 is 17.3 Å². The normalized spacial score (nSPS) is 16.1. The van der Waals surface area contributed by atoms with Crippen molar-refractivity contribution in [3.8, 4) is 11.4 Å². The van der Waals surface area contributed by atoms with Crippen molar-refractivity contribution in [3.63, 3.8) is 0 Å². The molecule has 0 saturated heterocycles. The Morgan fingerprint density at radius 2 is 1.78 bits per heavy atom. The van der Waals surface area contributed by atoms with Crippen LogP contribution in [0.4, 0.5) is 5.69 Å².